The maximum atomic E-state index is 12.4. The van der Waals surface area contributed by atoms with Gasteiger partial charge in [-0.15, -0.1) is 0 Å². The molecule has 8 heteroatoms. The second-order valence-corrected chi connectivity index (χ2v) is 6.47. The van der Waals surface area contributed by atoms with Crippen LogP contribution in [0.15, 0.2) is 17.0 Å². The van der Waals surface area contributed by atoms with Crippen molar-refractivity contribution in [2.45, 2.75) is 18.7 Å². The molecule has 112 valence electrons. The van der Waals surface area contributed by atoms with E-state index in [4.69, 9.17) is 17.3 Å². The summed E-state index contributed by atoms with van der Waals surface area (Å²) >= 11 is 5.95. The maximum absolute atomic E-state index is 12.4. The van der Waals surface area contributed by atoms with Crippen molar-refractivity contribution in [3.05, 3.63) is 22.7 Å². The molecule has 1 rings (SSSR count). The van der Waals surface area contributed by atoms with Crippen LogP contribution in [0.4, 0.5) is 5.69 Å². The minimum absolute atomic E-state index is 0.0450. The number of ether oxygens (including phenoxy) is 1. The number of methoxy groups -OCH3 is 1. The quantitative estimate of drug-likeness (QED) is 0.654. The van der Waals surface area contributed by atoms with E-state index in [0.29, 0.717) is 5.56 Å². The van der Waals surface area contributed by atoms with Gasteiger partial charge in [-0.3, -0.25) is 4.79 Å². The fraction of sp³-hybridized carbons (Fsp3) is 0.417. The van der Waals surface area contributed by atoms with Crippen molar-refractivity contribution in [3.63, 3.8) is 0 Å². The van der Waals surface area contributed by atoms with Crippen molar-refractivity contribution in [2.24, 2.45) is 0 Å². The third kappa shape index (κ3) is 3.41. The van der Waals surface area contributed by atoms with Crippen molar-refractivity contribution in [1.82, 2.24) is 4.31 Å². The topological polar surface area (TPSA) is 89.7 Å². The van der Waals surface area contributed by atoms with Crippen LogP contribution in [0.3, 0.4) is 0 Å². The van der Waals surface area contributed by atoms with Crippen LogP contribution in [0.25, 0.3) is 0 Å². The predicted molar refractivity (Wildman–Crippen MR) is 77.1 cm³/mol. The third-order valence-corrected chi connectivity index (χ3v) is 5.17. The number of rotatable bonds is 5. The number of anilines is 1. The van der Waals surface area contributed by atoms with Crippen LogP contribution in [0, 0.1) is 6.92 Å². The zero-order valence-electron chi connectivity index (χ0n) is 11.5. The average Bonchev–Trinajstić information content (AvgIpc) is 2.40. The Kier molecular flexibility index (Phi) is 5.38. The van der Waals surface area contributed by atoms with Crippen molar-refractivity contribution >= 4 is 33.3 Å². The number of likely N-dealkylation sites (N-methyl/N-ethyl adjacent to an activating group) is 1. The Hall–Kier alpha value is -1.31. The fourth-order valence-electron chi connectivity index (χ4n) is 1.55. The Morgan fingerprint density at radius 1 is 1.45 bits per heavy atom. The highest BCUT2D eigenvalue weighted by atomic mass is 35.5. The first kappa shape index (κ1) is 16.7. The SMILES string of the molecule is CCN(CC(=O)OC)S(=O)(=O)c1cc(N)c(C)c(Cl)c1. The Labute approximate surface area is 123 Å². The van der Waals surface area contributed by atoms with Gasteiger partial charge >= 0.3 is 5.97 Å². The van der Waals surface area contributed by atoms with E-state index in [1.54, 1.807) is 13.8 Å². The van der Waals surface area contributed by atoms with Crippen molar-refractivity contribution in [1.29, 1.82) is 0 Å². The molecule has 0 unspecified atom stereocenters. The van der Waals surface area contributed by atoms with Gasteiger partial charge < -0.3 is 10.5 Å². The van der Waals surface area contributed by atoms with E-state index in [0.717, 1.165) is 4.31 Å². The minimum Gasteiger partial charge on any atom is -0.468 e. The number of nitrogens with two attached hydrogens (primary N) is 1. The zero-order chi connectivity index (χ0) is 15.5. The fourth-order valence-corrected chi connectivity index (χ4v) is 3.29. The summed E-state index contributed by atoms with van der Waals surface area (Å²) in [6, 6.07) is 2.65. The summed E-state index contributed by atoms with van der Waals surface area (Å²) in [6.07, 6.45) is 0. The number of halogens is 1. The highest BCUT2D eigenvalue weighted by Crippen LogP contribution is 2.27. The lowest BCUT2D eigenvalue weighted by atomic mass is 10.2. The number of hydrogen-bond donors (Lipinski definition) is 1. The van der Waals surface area contributed by atoms with Crippen molar-refractivity contribution in [2.75, 3.05) is 25.9 Å². The van der Waals surface area contributed by atoms with Gasteiger partial charge in [0.15, 0.2) is 0 Å². The van der Waals surface area contributed by atoms with Crippen LogP contribution >= 0.6 is 11.6 Å². The van der Waals surface area contributed by atoms with Gasteiger partial charge in [-0.1, -0.05) is 18.5 Å². The normalized spacial score (nSPS) is 11.7. The monoisotopic (exact) mass is 320 g/mol. The first-order chi connectivity index (χ1) is 9.23. The Morgan fingerprint density at radius 3 is 2.50 bits per heavy atom. The molecule has 0 atom stereocenters. The van der Waals surface area contributed by atoms with Gasteiger partial charge in [0.2, 0.25) is 10.0 Å². The summed E-state index contributed by atoms with van der Waals surface area (Å²) in [5.74, 6) is -0.637. The van der Waals surface area contributed by atoms with E-state index >= 15 is 0 Å². The molecule has 2 N–H and O–H groups in total. The van der Waals surface area contributed by atoms with Crippen LogP contribution in [-0.2, 0) is 19.6 Å². The Balaban J connectivity index is 3.24. The van der Waals surface area contributed by atoms with Crippen LogP contribution < -0.4 is 5.73 Å². The molecule has 0 aliphatic heterocycles. The molecule has 0 heterocycles. The van der Waals surface area contributed by atoms with E-state index in [1.165, 1.54) is 19.2 Å². The molecule has 0 amide bonds. The largest absolute Gasteiger partial charge is 0.468 e. The molecule has 1 aromatic rings. The standard InChI is InChI=1S/C12H17ClN2O4S/c1-4-15(7-12(16)19-3)20(17,18)9-5-10(13)8(2)11(14)6-9/h5-6H,4,7,14H2,1-3H3. The summed E-state index contributed by atoms with van der Waals surface area (Å²) in [6.45, 7) is 3.09. The first-order valence-corrected chi connectivity index (χ1v) is 7.68. The zero-order valence-corrected chi connectivity index (χ0v) is 13.1. The van der Waals surface area contributed by atoms with Gasteiger partial charge in [0, 0.05) is 17.3 Å². The molecular formula is C12H17ClN2O4S. The Morgan fingerprint density at radius 2 is 2.05 bits per heavy atom. The van der Waals surface area contributed by atoms with E-state index in [1.807, 2.05) is 0 Å². The molecule has 0 bridgehead atoms. The summed E-state index contributed by atoms with van der Waals surface area (Å²) in [5.41, 5.74) is 6.62. The summed E-state index contributed by atoms with van der Waals surface area (Å²) in [7, 11) is -2.65. The lowest BCUT2D eigenvalue weighted by molar-refractivity contribution is -0.140. The van der Waals surface area contributed by atoms with Gasteiger partial charge in [-0.2, -0.15) is 4.31 Å². The van der Waals surface area contributed by atoms with E-state index in [-0.39, 0.29) is 28.7 Å². The first-order valence-electron chi connectivity index (χ1n) is 5.86. The number of benzene rings is 1. The molecule has 0 aromatic heterocycles. The molecule has 0 fully saturated rings. The molecule has 0 saturated carbocycles. The number of hydrogen-bond acceptors (Lipinski definition) is 5. The van der Waals surface area contributed by atoms with Gasteiger partial charge in [-0.25, -0.2) is 8.42 Å². The second kappa shape index (κ2) is 6.43. The van der Waals surface area contributed by atoms with Crippen LogP contribution in [0.5, 0.6) is 0 Å². The molecule has 0 saturated heterocycles. The second-order valence-electron chi connectivity index (χ2n) is 4.13. The van der Waals surface area contributed by atoms with Gasteiger partial charge in [0.05, 0.1) is 12.0 Å². The van der Waals surface area contributed by atoms with Crippen LogP contribution in [0.2, 0.25) is 5.02 Å². The highest BCUT2D eigenvalue weighted by Gasteiger charge is 2.26. The third-order valence-electron chi connectivity index (χ3n) is 2.88. The number of nitrogen functional groups attached to an aromatic ring is 1. The smallest absolute Gasteiger partial charge is 0.321 e. The number of sulfonamides is 1. The lowest BCUT2D eigenvalue weighted by Crippen LogP contribution is -2.36. The van der Waals surface area contributed by atoms with Gasteiger partial charge in [0.25, 0.3) is 0 Å². The molecule has 0 radical (unpaired) electrons. The van der Waals surface area contributed by atoms with E-state index in [9.17, 15) is 13.2 Å². The minimum atomic E-state index is -3.85. The van der Waals surface area contributed by atoms with E-state index < -0.39 is 16.0 Å². The summed E-state index contributed by atoms with van der Waals surface area (Å²) in [4.78, 5) is 11.2. The molecule has 20 heavy (non-hydrogen) atoms. The van der Waals surface area contributed by atoms with Crippen LogP contribution in [0.1, 0.15) is 12.5 Å². The highest BCUT2D eigenvalue weighted by molar-refractivity contribution is 7.89. The number of esters is 1. The Bertz CT molecular complexity index is 593. The predicted octanol–water partition coefficient (Wildman–Crippen LogP) is 1.41. The van der Waals surface area contributed by atoms with Crippen molar-refractivity contribution < 1.29 is 17.9 Å². The molecule has 0 aliphatic carbocycles. The van der Waals surface area contributed by atoms with Crippen molar-refractivity contribution in [3.8, 4) is 0 Å². The molecular weight excluding hydrogens is 304 g/mol. The van der Waals surface area contributed by atoms with E-state index in [2.05, 4.69) is 4.74 Å². The number of nitrogens with zero attached hydrogens (tertiary/aromatic N) is 1. The summed E-state index contributed by atoms with van der Waals surface area (Å²) < 4.78 is 30.4. The van der Waals surface area contributed by atoms with Gasteiger partial charge in [0.1, 0.15) is 6.54 Å². The summed E-state index contributed by atoms with van der Waals surface area (Å²) in [5, 5.41) is 0.262. The average molecular weight is 321 g/mol. The number of carbonyl (C=O) groups excluding carboxylic acids is 1. The van der Waals surface area contributed by atoms with Crippen LogP contribution in [-0.4, -0.2) is 38.9 Å². The molecule has 0 aliphatic rings. The molecule has 1 aromatic carbocycles. The lowest BCUT2D eigenvalue weighted by Gasteiger charge is -2.20. The number of carbonyl (C=O) groups is 1. The van der Waals surface area contributed by atoms with Gasteiger partial charge in [-0.05, 0) is 24.6 Å². The maximum Gasteiger partial charge on any atom is 0.321 e. The molecule has 0 spiro atoms. The molecule has 6 nitrogen and oxygen atoms in total.